The summed E-state index contributed by atoms with van der Waals surface area (Å²) < 4.78 is 14.2. The highest BCUT2D eigenvalue weighted by molar-refractivity contribution is 5.94. The van der Waals surface area contributed by atoms with Crippen molar-refractivity contribution in [2.75, 3.05) is 11.9 Å². The Hall–Kier alpha value is -1.64. The van der Waals surface area contributed by atoms with Gasteiger partial charge in [-0.3, -0.25) is 0 Å². The summed E-state index contributed by atoms with van der Waals surface area (Å²) in [5, 5.41) is 4.39. The van der Waals surface area contributed by atoms with Crippen molar-refractivity contribution in [2.45, 2.75) is 46.0 Å². The van der Waals surface area contributed by atoms with Crippen LogP contribution in [0.3, 0.4) is 0 Å². The lowest BCUT2D eigenvalue weighted by Gasteiger charge is -2.17. The van der Waals surface area contributed by atoms with E-state index in [1.165, 1.54) is 18.4 Å². The van der Waals surface area contributed by atoms with Crippen LogP contribution in [-0.4, -0.2) is 11.5 Å². The highest BCUT2D eigenvalue weighted by atomic mass is 19.1. The first-order chi connectivity index (χ1) is 9.70. The second-order valence-corrected chi connectivity index (χ2v) is 5.65. The molecule has 1 aromatic heterocycles. The molecule has 2 aromatic rings. The van der Waals surface area contributed by atoms with Crippen molar-refractivity contribution >= 4 is 16.6 Å². The van der Waals surface area contributed by atoms with Crippen molar-refractivity contribution in [1.82, 2.24) is 4.98 Å². The van der Waals surface area contributed by atoms with Gasteiger partial charge >= 0.3 is 0 Å². The van der Waals surface area contributed by atoms with Crippen LogP contribution in [0.25, 0.3) is 10.9 Å². The zero-order valence-corrected chi connectivity index (χ0v) is 12.2. The molecule has 3 heteroatoms. The summed E-state index contributed by atoms with van der Waals surface area (Å²) in [6.45, 7) is 4.87. The summed E-state index contributed by atoms with van der Waals surface area (Å²) in [5.41, 5.74) is 4.98. The molecule has 0 fully saturated rings. The molecule has 0 radical (unpaired) electrons. The van der Waals surface area contributed by atoms with E-state index in [0.717, 1.165) is 48.1 Å². The number of halogens is 1. The number of anilines is 1. The Labute approximate surface area is 119 Å². The number of rotatable bonds is 2. The second-order valence-electron chi connectivity index (χ2n) is 5.65. The molecule has 0 unspecified atom stereocenters. The van der Waals surface area contributed by atoms with Crippen molar-refractivity contribution in [3.63, 3.8) is 0 Å². The molecular formula is C17H21FN2. The van der Waals surface area contributed by atoms with Crippen molar-refractivity contribution in [3.8, 4) is 0 Å². The van der Waals surface area contributed by atoms with E-state index in [9.17, 15) is 4.39 Å². The fourth-order valence-corrected chi connectivity index (χ4v) is 3.17. The van der Waals surface area contributed by atoms with E-state index in [-0.39, 0.29) is 5.82 Å². The van der Waals surface area contributed by atoms with Crippen LogP contribution in [0, 0.1) is 12.7 Å². The molecule has 106 valence electrons. The number of hydrogen-bond donors (Lipinski definition) is 1. The molecule has 0 bridgehead atoms. The molecule has 0 atom stereocenters. The largest absolute Gasteiger partial charge is 0.384 e. The summed E-state index contributed by atoms with van der Waals surface area (Å²) >= 11 is 0. The van der Waals surface area contributed by atoms with Gasteiger partial charge in [0.2, 0.25) is 0 Å². The molecule has 0 amide bonds. The first-order valence-corrected chi connectivity index (χ1v) is 7.56. The molecule has 2 nitrogen and oxygen atoms in total. The van der Waals surface area contributed by atoms with Gasteiger partial charge in [-0.15, -0.1) is 0 Å². The van der Waals surface area contributed by atoms with Crippen molar-refractivity contribution in [3.05, 3.63) is 34.8 Å². The molecule has 1 aliphatic carbocycles. The Morgan fingerprint density at radius 2 is 2.00 bits per heavy atom. The van der Waals surface area contributed by atoms with Gasteiger partial charge in [-0.25, -0.2) is 9.37 Å². The van der Waals surface area contributed by atoms with Gasteiger partial charge in [-0.05, 0) is 62.8 Å². The SMILES string of the molecule is CCNc1c2c(nc3c(F)cc(C)cc13)CCCCC2. The first kappa shape index (κ1) is 13.3. The lowest BCUT2D eigenvalue weighted by molar-refractivity contribution is 0.634. The molecule has 1 aliphatic rings. The third kappa shape index (κ3) is 2.26. The van der Waals surface area contributed by atoms with Crippen LogP contribution in [0.2, 0.25) is 0 Å². The molecule has 0 spiro atoms. The quantitative estimate of drug-likeness (QED) is 0.820. The summed E-state index contributed by atoms with van der Waals surface area (Å²) in [4.78, 5) is 4.64. The van der Waals surface area contributed by atoms with Gasteiger partial charge in [0, 0.05) is 23.3 Å². The van der Waals surface area contributed by atoms with Crippen LogP contribution in [0.1, 0.15) is 43.0 Å². The van der Waals surface area contributed by atoms with E-state index in [1.54, 1.807) is 6.07 Å². The van der Waals surface area contributed by atoms with Gasteiger partial charge in [-0.2, -0.15) is 0 Å². The van der Waals surface area contributed by atoms with Gasteiger partial charge in [-0.1, -0.05) is 6.42 Å². The average Bonchev–Trinajstić information content (AvgIpc) is 2.65. The van der Waals surface area contributed by atoms with Crippen molar-refractivity contribution in [2.24, 2.45) is 0 Å². The summed E-state index contributed by atoms with van der Waals surface area (Å²) in [5.74, 6) is -0.203. The van der Waals surface area contributed by atoms with E-state index in [0.29, 0.717) is 5.52 Å². The standard InChI is InChI=1S/C17H21FN2/c1-3-19-16-12-7-5-4-6-8-15(12)20-17-13(16)9-11(2)10-14(17)18/h9-10H,3-8H2,1-2H3,(H,19,20). The molecule has 1 aromatic carbocycles. The van der Waals surface area contributed by atoms with Gasteiger partial charge in [0.15, 0.2) is 0 Å². The minimum atomic E-state index is -0.203. The maximum Gasteiger partial charge on any atom is 0.149 e. The lowest BCUT2D eigenvalue weighted by atomic mass is 10.0. The number of nitrogens with zero attached hydrogens (tertiary/aromatic N) is 1. The molecule has 0 saturated carbocycles. The fraction of sp³-hybridized carbons (Fsp3) is 0.471. The Bertz CT molecular complexity index is 649. The van der Waals surface area contributed by atoms with Crippen LogP contribution in [0.5, 0.6) is 0 Å². The number of benzene rings is 1. The first-order valence-electron chi connectivity index (χ1n) is 7.56. The zero-order valence-electron chi connectivity index (χ0n) is 12.2. The number of aromatic nitrogens is 1. The monoisotopic (exact) mass is 272 g/mol. The minimum absolute atomic E-state index is 0.203. The van der Waals surface area contributed by atoms with Gasteiger partial charge in [0.25, 0.3) is 0 Å². The van der Waals surface area contributed by atoms with E-state index >= 15 is 0 Å². The molecular weight excluding hydrogens is 251 g/mol. The van der Waals surface area contributed by atoms with Crippen molar-refractivity contribution in [1.29, 1.82) is 0 Å². The van der Waals surface area contributed by atoms with Gasteiger partial charge in [0.1, 0.15) is 11.3 Å². The third-order valence-corrected chi connectivity index (χ3v) is 4.07. The Kier molecular flexibility index (Phi) is 3.60. The van der Waals surface area contributed by atoms with Crippen LogP contribution >= 0.6 is 0 Å². The number of pyridine rings is 1. The van der Waals surface area contributed by atoms with E-state index < -0.39 is 0 Å². The van der Waals surface area contributed by atoms with Gasteiger partial charge in [0.05, 0.1) is 0 Å². The molecule has 3 rings (SSSR count). The van der Waals surface area contributed by atoms with Crippen molar-refractivity contribution < 1.29 is 4.39 Å². The highest BCUT2D eigenvalue weighted by Gasteiger charge is 2.18. The molecule has 1 heterocycles. The van der Waals surface area contributed by atoms with Crippen LogP contribution in [0.4, 0.5) is 10.1 Å². The topological polar surface area (TPSA) is 24.9 Å². The number of hydrogen-bond acceptors (Lipinski definition) is 2. The Morgan fingerprint density at radius 1 is 1.20 bits per heavy atom. The summed E-state index contributed by atoms with van der Waals surface area (Å²) in [6, 6.07) is 3.63. The normalized spacial score (nSPS) is 14.9. The summed E-state index contributed by atoms with van der Waals surface area (Å²) in [7, 11) is 0. The van der Waals surface area contributed by atoms with Crippen LogP contribution in [-0.2, 0) is 12.8 Å². The van der Waals surface area contributed by atoms with Crippen LogP contribution < -0.4 is 5.32 Å². The second kappa shape index (κ2) is 5.39. The minimum Gasteiger partial charge on any atom is -0.384 e. The van der Waals surface area contributed by atoms with E-state index in [4.69, 9.17) is 0 Å². The Balaban J connectivity index is 2.33. The van der Waals surface area contributed by atoms with Gasteiger partial charge < -0.3 is 5.32 Å². The lowest BCUT2D eigenvalue weighted by Crippen LogP contribution is -2.07. The summed E-state index contributed by atoms with van der Waals surface area (Å²) in [6.07, 6.45) is 5.62. The number of fused-ring (bicyclic) bond motifs is 2. The van der Waals surface area contributed by atoms with E-state index in [2.05, 4.69) is 23.3 Å². The number of nitrogens with one attached hydrogen (secondary N) is 1. The number of aryl methyl sites for hydroxylation is 2. The average molecular weight is 272 g/mol. The van der Waals surface area contributed by atoms with E-state index in [1.807, 2.05) is 6.92 Å². The fourth-order valence-electron chi connectivity index (χ4n) is 3.17. The third-order valence-electron chi connectivity index (χ3n) is 4.07. The van der Waals surface area contributed by atoms with Crippen LogP contribution in [0.15, 0.2) is 12.1 Å². The zero-order chi connectivity index (χ0) is 14.1. The maximum atomic E-state index is 14.2. The smallest absolute Gasteiger partial charge is 0.149 e. The predicted molar refractivity (Wildman–Crippen MR) is 81.9 cm³/mol. The maximum absolute atomic E-state index is 14.2. The highest BCUT2D eigenvalue weighted by Crippen LogP contribution is 2.34. The molecule has 20 heavy (non-hydrogen) atoms. The molecule has 1 N–H and O–H groups in total. The predicted octanol–water partition coefficient (Wildman–Crippen LogP) is 4.38. The Morgan fingerprint density at radius 3 is 2.80 bits per heavy atom. The molecule has 0 aliphatic heterocycles. The molecule has 0 saturated heterocycles.